The number of fused-ring (bicyclic) bond motifs is 1. The molecule has 1 aliphatic rings. The highest BCUT2D eigenvalue weighted by atomic mass is 16.4. The van der Waals surface area contributed by atoms with Crippen molar-refractivity contribution >= 4 is 17.4 Å². The Balaban J connectivity index is 1.56. The van der Waals surface area contributed by atoms with Gasteiger partial charge in [-0.15, -0.1) is 0 Å². The molecular weight excluding hydrogens is 360 g/mol. The van der Waals surface area contributed by atoms with Crippen molar-refractivity contribution in [3.8, 4) is 11.1 Å². The minimum absolute atomic E-state index is 0.355. The van der Waals surface area contributed by atoms with E-state index in [1.807, 2.05) is 13.0 Å². The zero-order chi connectivity index (χ0) is 20.5. The molecule has 4 rings (SSSR count). The molecule has 0 aromatic heterocycles. The van der Waals surface area contributed by atoms with Gasteiger partial charge >= 0.3 is 5.97 Å². The molecule has 0 fully saturated rings. The lowest BCUT2D eigenvalue weighted by molar-refractivity contribution is 0.0696. The molecule has 1 N–H and O–H groups in total. The summed E-state index contributed by atoms with van der Waals surface area (Å²) in [4.78, 5) is 18.5. The van der Waals surface area contributed by atoms with Gasteiger partial charge in [-0.1, -0.05) is 48.5 Å². The van der Waals surface area contributed by atoms with E-state index in [9.17, 15) is 9.90 Å². The molecule has 0 bridgehead atoms. The lowest BCUT2D eigenvalue weighted by Gasteiger charge is -2.10. The minimum atomic E-state index is -0.894. The third-order valence-electron chi connectivity index (χ3n) is 5.20. The summed E-state index contributed by atoms with van der Waals surface area (Å²) < 4.78 is 0. The number of aliphatic imine (C=N–C) groups is 1. The molecule has 0 amide bonds. The van der Waals surface area contributed by atoms with Crippen molar-refractivity contribution in [3.05, 3.63) is 88.5 Å². The Morgan fingerprint density at radius 2 is 1.55 bits per heavy atom. The molecule has 0 saturated carbocycles. The Bertz CT molecular complexity index is 1090. The molecule has 0 atom stereocenters. The Hall–Kier alpha value is -3.24. The number of aromatic carboxylic acids is 1. The van der Waals surface area contributed by atoms with E-state index in [1.165, 1.54) is 11.1 Å². The SMILES string of the molecule is Cc1cc2c(c(C(=O)O)c1)CC(c1ccc(-c3ccc(CN(C)C)cc3)cc1)=N2. The van der Waals surface area contributed by atoms with Gasteiger partial charge in [0.15, 0.2) is 0 Å². The summed E-state index contributed by atoms with van der Waals surface area (Å²) >= 11 is 0. The predicted octanol–water partition coefficient (Wildman–Crippen LogP) is 5.10. The third-order valence-corrected chi connectivity index (χ3v) is 5.20. The fraction of sp³-hybridized carbons (Fsp3) is 0.200. The normalized spacial score (nSPS) is 12.8. The summed E-state index contributed by atoms with van der Waals surface area (Å²) in [5, 5.41) is 9.51. The van der Waals surface area contributed by atoms with Gasteiger partial charge in [0.05, 0.1) is 17.0 Å². The number of aryl methyl sites for hydroxylation is 1. The third kappa shape index (κ3) is 3.98. The molecule has 4 nitrogen and oxygen atoms in total. The highest BCUT2D eigenvalue weighted by molar-refractivity contribution is 6.09. The second kappa shape index (κ2) is 7.64. The van der Waals surface area contributed by atoms with Crippen LogP contribution in [0.1, 0.15) is 32.6 Å². The van der Waals surface area contributed by atoms with Crippen LogP contribution >= 0.6 is 0 Å². The second-order valence-corrected chi connectivity index (χ2v) is 7.86. The number of carboxylic acids is 1. The maximum absolute atomic E-state index is 11.6. The Labute approximate surface area is 171 Å². The first-order valence-corrected chi connectivity index (χ1v) is 9.69. The van der Waals surface area contributed by atoms with E-state index in [-0.39, 0.29) is 0 Å². The van der Waals surface area contributed by atoms with Crippen molar-refractivity contribution in [1.82, 2.24) is 4.90 Å². The molecule has 0 saturated heterocycles. The zero-order valence-corrected chi connectivity index (χ0v) is 16.9. The van der Waals surface area contributed by atoms with Crippen molar-refractivity contribution in [1.29, 1.82) is 0 Å². The number of rotatable bonds is 5. The first-order chi connectivity index (χ1) is 13.9. The van der Waals surface area contributed by atoms with Crippen LogP contribution in [-0.2, 0) is 13.0 Å². The molecule has 1 heterocycles. The van der Waals surface area contributed by atoms with Crippen LogP contribution in [0.5, 0.6) is 0 Å². The van der Waals surface area contributed by atoms with Gasteiger partial charge < -0.3 is 10.0 Å². The smallest absolute Gasteiger partial charge is 0.336 e. The standard InChI is InChI=1S/C25H24N2O2/c1-16-12-22(25(28)29)21-14-23(26-24(21)13-16)20-10-8-19(9-11-20)18-6-4-17(5-7-18)15-27(2)3/h4-13H,14-15H2,1-3H3,(H,28,29). The number of hydrogen-bond acceptors (Lipinski definition) is 3. The van der Waals surface area contributed by atoms with E-state index < -0.39 is 5.97 Å². The summed E-state index contributed by atoms with van der Waals surface area (Å²) in [6.45, 7) is 2.83. The van der Waals surface area contributed by atoms with E-state index >= 15 is 0 Å². The zero-order valence-electron chi connectivity index (χ0n) is 16.9. The lowest BCUT2D eigenvalue weighted by atomic mass is 9.96. The van der Waals surface area contributed by atoms with Gasteiger partial charge in [-0.05, 0) is 66.5 Å². The van der Waals surface area contributed by atoms with Crippen LogP contribution in [-0.4, -0.2) is 35.8 Å². The van der Waals surface area contributed by atoms with Crippen LogP contribution in [0.4, 0.5) is 5.69 Å². The fourth-order valence-corrected chi connectivity index (χ4v) is 3.82. The summed E-state index contributed by atoms with van der Waals surface area (Å²) in [5.41, 5.74) is 8.42. The first kappa shape index (κ1) is 19.1. The molecule has 3 aromatic carbocycles. The molecule has 4 heteroatoms. The predicted molar refractivity (Wildman–Crippen MR) is 117 cm³/mol. The van der Waals surface area contributed by atoms with Crippen molar-refractivity contribution in [3.63, 3.8) is 0 Å². The van der Waals surface area contributed by atoms with Gasteiger partial charge in [0.1, 0.15) is 0 Å². The number of hydrogen-bond donors (Lipinski definition) is 1. The molecule has 0 spiro atoms. The summed E-state index contributed by atoms with van der Waals surface area (Å²) in [7, 11) is 4.13. The van der Waals surface area contributed by atoms with Gasteiger partial charge in [0.2, 0.25) is 0 Å². The number of carboxylic acid groups (broad SMARTS) is 1. The van der Waals surface area contributed by atoms with E-state index in [2.05, 4.69) is 67.5 Å². The van der Waals surface area contributed by atoms with Crippen LogP contribution in [0, 0.1) is 6.92 Å². The average molecular weight is 384 g/mol. The largest absolute Gasteiger partial charge is 0.478 e. The van der Waals surface area contributed by atoms with E-state index in [1.54, 1.807) is 6.07 Å². The second-order valence-electron chi connectivity index (χ2n) is 7.86. The van der Waals surface area contributed by atoms with Crippen LogP contribution in [0.15, 0.2) is 65.7 Å². The summed E-state index contributed by atoms with van der Waals surface area (Å²) in [5.74, 6) is -0.894. The minimum Gasteiger partial charge on any atom is -0.478 e. The van der Waals surface area contributed by atoms with Crippen molar-refractivity contribution < 1.29 is 9.90 Å². The summed E-state index contributed by atoms with van der Waals surface area (Å²) in [6.07, 6.45) is 0.551. The van der Waals surface area contributed by atoms with Crippen molar-refractivity contribution in [2.24, 2.45) is 4.99 Å². The first-order valence-electron chi connectivity index (χ1n) is 9.69. The molecule has 0 radical (unpaired) electrons. The van der Waals surface area contributed by atoms with E-state index in [0.717, 1.165) is 40.2 Å². The van der Waals surface area contributed by atoms with E-state index in [4.69, 9.17) is 4.99 Å². The van der Waals surface area contributed by atoms with Gasteiger partial charge in [0, 0.05) is 13.0 Å². The van der Waals surface area contributed by atoms with Gasteiger partial charge in [-0.25, -0.2) is 4.79 Å². The Morgan fingerprint density at radius 1 is 0.966 bits per heavy atom. The number of benzene rings is 3. The van der Waals surface area contributed by atoms with Crippen molar-refractivity contribution in [2.75, 3.05) is 14.1 Å². The van der Waals surface area contributed by atoms with Crippen LogP contribution in [0.2, 0.25) is 0 Å². The molecule has 1 aliphatic heterocycles. The van der Waals surface area contributed by atoms with Crippen LogP contribution < -0.4 is 0 Å². The molecule has 0 unspecified atom stereocenters. The van der Waals surface area contributed by atoms with Crippen LogP contribution in [0.3, 0.4) is 0 Å². The molecular formula is C25H24N2O2. The maximum atomic E-state index is 11.6. The van der Waals surface area contributed by atoms with Gasteiger partial charge in [0.25, 0.3) is 0 Å². The number of carbonyl (C=O) groups is 1. The van der Waals surface area contributed by atoms with Crippen molar-refractivity contribution in [2.45, 2.75) is 19.9 Å². The fourth-order valence-electron chi connectivity index (χ4n) is 3.82. The number of nitrogens with zero attached hydrogens (tertiary/aromatic N) is 2. The highest BCUT2D eigenvalue weighted by Gasteiger charge is 2.22. The summed E-state index contributed by atoms with van der Waals surface area (Å²) in [6, 6.07) is 20.7. The quantitative estimate of drug-likeness (QED) is 0.666. The Kier molecular flexibility index (Phi) is 5.03. The van der Waals surface area contributed by atoms with Crippen LogP contribution in [0.25, 0.3) is 11.1 Å². The molecule has 3 aromatic rings. The van der Waals surface area contributed by atoms with E-state index in [0.29, 0.717) is 12.0 Å². The molecule has 0 aliphatic carbocycles. The topological polar surface area (TPSA) is 52.9 Å². The monoisotopic (exact) mass is 384 g/mol. The highest BCUT2D eigenvalue weighted by Crippen LogP contribution is 2.33. The Morgan fingerprint density at radius 3 is 2.14 bits per heavy atom. The van der Waals surface area contributed by atoms with Gasteiger partial charge in [-0.2, -0.15) is 0 Å². The molecule has 146 valence electrons. The maximum Gasteiger partial charge on any atom is 0.336 e. The molecule has 29 heavy (non-hydrogen) atoms. The van der Waals surface area contributed by atoms with Gasteiger partial charge in [-0.3, -0.25) is 4.99 Å². The average Bonchev–Trinajstić information content (AvgIpc) is 3.11. The lowest BCUT2D eigenvalue weighted by Crippen LogP contribution is -2.10.